The Morgan fingerprint density at radius 2 is 1.57 bits per heavy atom. The molecule has 1 aromatic heterocycles. The fourth-order valence-electron chi connectivity index (χ4n) is 3.99. The normalized spacial score (nSPS) is 15.2. The van der Waals surface area contributed by atoms with Crippen molar-refractivity contribution < 1.29 is 4.42 Å². The Morgan fingerprint density at radius 1 is 0.783 bits per heavy atom. The van der Waals surface area contributed by atoms with Crippen LogP contribution < -0.4 is 5.32 Å². The molecule has 4 aromatic rings. The predicted octanol–water partition coefficient (Wildman–Crippen LogP) is 5.97. The molecule has 0 aliphatic carbocycles. The third-order valence-corrected chi connectivity index (χ3v) is 5.04. The lowest BCUT2D eigenvalue weighted by Gasteiger charge is -2.36. The molecule has 112 valence electrons. The van der Waals surface area contributed by atoms with Crippen LogP contribution in [-0.2, 0) is 5.41 Å². The third-order valence-electron chi connectivity index (χ3n) is 5.04. The molecule has 2 nitrogen and oxygen atoms in total. The minimum atomic E-state index is -0.0800. The topological polar surface area (TPSA) is 25.2 Å². The van der Waals surface area contributed by atoms with Crippen LogP contribution in [0.15, 0.2) is 65.1 Å². The maximum atomic E-state index is 6.07. The first-order valence-corrected chi connectivity index (χ1v) is 7.97. The number of fused-ring (bicyclic) bond motifs is 6. The second-order valence-electron chi connectivity index (χ2n) is 6.76. The van der Waals surface area contributed by atoms with Crippen molar-refractivity contribution in [2.45, 2.75) is 19.3 Å². The summed E-state index contributed by atoms with van der Waals surface area (Å²) in [6.07, 6.45) is 0. The zero-order valence-electron chi connectivity index (χ0n) is 13.2. The molecule has 0 saturated carbocycles. The molecule has 0 saturated heterocycles. The molecule has 1 aliphatic rings. The van der Waals surface area contributed by atoms with Crippen LogP contribution in [-0.4, -0.2) is 0 Å². The number of furan rings is 1. The van der Waals surface area contributed by atoms with Crippen molar-refractivity contribution in [1.82, 2.24) is 0 Å². The van der Waals surface area contributed by atoms with Gasteiger partial charge in [-0.25, -0.2) is 0 Å². The lowest BCUT2D eigenvalue weighted by atomic mass is 9.73. The van der Waals surface area contributed by atoms with Gasteiger partial charge in [0, 0.05) is 27.6 Å². The fourth-order valence-corrected chi connectivity index (χ4v) is 3.99. The first-order valence-electron chi connectivity index (χ1n) is 7.97. The first-order chi connectivity index (χ1) is 11.2. The van der Waals surface area contributed by atoms with Crippen LogP contribution in [0.4, 0.5) is 11.4 Å². The van der Waals surface area contributed by atoms with Gasteiger partial charge < -0.3 is 9.73 Å². The first kappa shape index (κ1) is 12.8. The van der Waals surface area contributed by atoms with Gasteiger partial charge in [-0.2, -0.15) is 0 Å². The molecule has 0 radical (unpaired) electrons. The van der Waals surface area contributed by atoms with Crippen LogP contribution in [0.5, 0.6) is 0 Å². The molecule has 1 N–H and O–H groups in total. The summed E-state index contributed by atoms with van der Waals surface area (Å²) in [6.45, 7) is 4.60. The number of rotatable bonds is 0. The number of para-hydroxylation sites is 2. The van der Waals surface area contributed by atoms with Crippen LogP contribution in [0, 0.1) is 0 Å². The average Bonchev–Trinajstić information content (AvgIpc) is 2.93. The molecule has 23 heavy (non-hydrogen) atoms. The van der Waals surface area contributed by atoms with Crippen molar-refractivity contribution in [1.29, 1.82) is 0 Å². The number of anilines is 2. The standard InChI is InChI=1S/C21H17NO/c1-21(2)14-8-4-5-9-15(14)22-16-11-12-18-19(20(16)21)13-7-3-6-10-17(13)23-18/h3-12,22H,1-2H3. The van der Waals surface area contributed by atoms with E-state index in [1.54, 1.807) is 0 Å². The molecule has 0 amide bonds. The summed E-state index contributed by atoms with van der Waals surface area (Å²) in [5.41, 5.74) is 6.84. The Hall–Kier alpha value is -2.74. The smallest absolute Gasteiger partial charge is 0.135 e. The van der Waals surface area contributed by atoms with Crippen molar-refractivity contribution in [2.24, 2.45) is 0 Å². The van der Waals surface area contributed by atoms with Gasteiger partial charge in [-0.05, 0) is 35.4 Å². The number of nitrogens with one attached hydrogen (secondary N) is 1. The molecule has 2 heteroatoms. The van der Waals surface area contributed by atoms with Crippen LogP contribution >= 0.6 is 0 Å². The van der Waals surface area contributed by atoms with Gasteiger partial charge in [-0.15, -0.1) is 0 Å². The van der Waals surface area contributed by atoms with Gasteiger partial charge in [-0.3, -0.25) is 0 Å². The Bertz CT molecular complexity index is 1070. The summed E-state index contributed by atoms with van der Waals surface area (Å²) in [4.78, 5) is 0. The van der Waals surface area contributed by atoms with E-state index in [4.69, 9.17) is 4.42 Å². The Kier molecular flexibility index (Phi) is 2.31. The molecule has 3 aromatic carbocycles. The zero-order chi connectivity index (χ0) is 15.6. The lowest BCUT2D eigenvalue weighted by Crippen LogP contribution is -2.26. The second-order valence-corrected chi connectivity index (χ2v) is 6.76. The summed E-state index contributed by atoms with van der Waals surface area (Å²) >= 11 is 0. The van der Waals surface area contributed by atoms with Crippen LogP contribution in [0.25, 0.3) is 21.9 Å². The van der Waals surface area contributed by atoms with E-state index in [9.17, 15) is 0 Å². The van der Waals surface area contributed by atoms with Gasteiger partial charge in [0.05, 0.1) is 0 Å². The van der Waals surface area contributed by atoms with E-state index in [1.165, 1.54) is 33.3 Å². The van der Waals surface area contributed by atoms with E-state index in [-0.39, 0.29) is 5.41 Å². The minimum Gasteiger partial charge on any atom is -0.456 e. The molecule has 0 bridgehead atoms. The monoisotopic (exact) mass is 299 g/mol. The summed E-state index contributed by atoms with van der Waals surface area (Å²) in [6, 6.07) is 21.1. The van der Waals surface area contributed by atoms with Gasteiger partial charge in [0.1, 0.15) is 11.2 Å². The third kappa shape index (κ3) is 1.58. The van der Waals surface area contributed by atoms with Crippen LogP contribution in [0.3, 0.4) is 0 Å². The van der Waals surface area contributed by atoms with E-state index in [1.807, 2.05) is 12.1 Å². The quantitative estimate of drug-likeness (QED) is 0.433. The molecule has 0 unspecified atom stereocenters. The molecular formula is C21H17NO. The van der Waals surface area contributed by atoms with Crippen LogP contribution in [0.2, 0.25) is 0 Å². The Morgan fingerprint density at radius 3 is 2.48 bits per heavy atom. The van der Waals surface area contributed by atoms with Gasteiger partial charge in [0.2, 0.25) is 0 Å². The minimum absolute atomic E-state index is 0.0800. The van der Waals surface area contributed by atoms with Crippen LogP contribution in [0.1, 0.15) is 25.0 Å². The van der Waals surface area contributed by atoms with E-state index >= 15 is 0 Å². The van der Waals surface area contributed by atoms with Crippen molar-refractivity contribution in [2.75, 3.05) is 5.32 Å². The largest absolute Gasteiger partial charge is 0.456 e. The van der Waals surface area contributed by atoms with Crippen molar-refractivity contribution >= 4 is 33.3 Å². The molecule has 1 aliphatic heterocycles. The molecule has 0 spiro atoms. The molecule has 2 heterocycles. The Balaban J connectivity index is 1.95. The lowest BCUT2D eigenvalue weighted by molar-refractivity contribution is 0.640. The number of hydrogen-bond acceptors (Lipinski definition) is 2. The highest BCUT2D eigenvalue weighted by molar-refractivity contribution is 6.10. The average molecular weight is 299 g/mol. The van der Waals surface area contributed by atoms with E-state index in [2.05, 4.69) is 67.7 Å². The highest BCUT2D eigenvalue weighted by Crippen LogP contribution is 2.49. The summed E-state index contributed by atoms with van der Waals surface area (Å²) < 4.78 is 6.07. The molecule has 0 fully saturated rings. The highest BCUT2D eigenvalue weighted by Gasteiger charge is 2.35. The summed E-state index contributed by atoms with van der Waals surface area (Å²) in [5.74, 6) is 0. The molecular weight excluding hydrogens is 282 g/mol. The molecule has 0 atom stereocenters. The zero-order valence-corrected chi connectivity index (χ0v) is 13.2. The predicted molar refractivity (Wildman–Crippen MR) is 95.6 cm³/mol. The summed E-state index contributed by atoms with van der Waals surface area (Å²) in [7, 11) is 0. The van der Waals surface area contributed by atoms with Gasteiger partial charge in [0.25, 0.3) is 0 Å². The fraction of sp³-hybridized carbons (Fsp3) is 0.143. The maximum Gasteiger partial charge on any atom is 0.135 e. The van der Waals surface area contributed by atoms with E-state index in [0.717, 1.165) is 11.2 Å². The molecule has 5 rings (SSSR count). The van der Waals surface area contributed by atoms with Gasteiger partial charge >= 0.3 is 0 Å². The van der Waals surface area contributed by atoms with Crippen molar-refractivity contribution in [3.05, 3.63) is 71.8 Å². The van der Waals surface area contributed by atoms with Crippen molar-refractivity contribution in [3.63, 3.8) is 0 Å². The number of benzene rings is 3. The van der Waals surface area contributed by atoms with E-state index < -0.39 is 0 Å². The van der Waals surface area contributed by atoms with Gasteiger partial charge in [-0.1, -0.05) is 50.2 Å². The number of hydrogen-bond donors (Lipinski definition) is 1. The van der Waals surface area contributed by atoms with Crippen molar-refractivity contribution in [3.8, 4) is 0 Å². The van der Waals surface area contributed by atoms with Gasteiger partial charge in [0.15, 0.2) is 0 Å². The highest BCUT2D eigenvalue weighted by atomic mass is 16.3. The Labute approximate surface area is 134 Å². The second kappa shape index (κ2) is 4.17. The maximum absolute atomic E-state index is 6.07. The summed E-state index contributed by atoms with van der Waals surface area (Å²) in [5, 5.41) is 6.02. The van der Waals surface area contributed by atoms with E-state index in [0.29, 0.717) is 0 Å². The SMILES string of the molecule is CC1(C)c2ccccc2Nc2ccc3oc4ccccc4c3c21.